The molecular weight excluding hydrogens is 815 g/mol. The lowest BCUT2D eigenvalue weighted by Crippen LogP contribution is -2.46. The van der Waals surface area contributed by atoms with Crippen molar-refractivity contribution in [1.82, 2.24) is 5.32 Å². The van der Waals surface area contributed by atoms with E-state index in [0.29, 0.717) is 19.3 Å². The van der Waals surface area contributed by atoms with E-state index in [1.807, 2.05) is 0 Å². The largest absolute Gasteiger partial charge is 0.462 e. The highest BCUT2D eigenvalue weighted by Crippen LogP contribution is 2.17. The molecule has 0 radical (unpaired) electrons. The van der Waals surface area contributed by atoms with Gasteiger partial charge in [-0.2, -0.15) is 0 Å². The Labute approximate surface area is 409 Å². The van der Waals surface area contributed by atoms with Crippen LogP contribution in [0.3, 0.4) is 0 Å². The summed E-state index contributed by atoms with van der Waals surface area (Å²) < 4.78 is 5.92. The lowest BCUT2D eigenvalue weighted by molar-refractivity contribution is -0.151. The molecule has 0 fully saturated rings. The predicted molar refractivity (Wildman–Crippen MR) is 287 cm³/mol. The number of nitrogens with one attached hydrogen (secondary N) is 1. The monoisotopic (exact) mass is 922 g/mol. The first-order valence-corrected chi connectivity index (χ1v) is 28.2. The molecular formula is C60H107NO5. The molecule has 0 aliphatic rings. The van der Waals surface area contributed by atoms with E-state index in [2.05, 4.69) is 99.0 Å². The van der Waals surface area contributed by atoms with Crippen LogP contribution in [0.15, 0.2) is 72.9 Å². The summed E-state index contributed by atoms with van der Waals surface area (Å²) in [7, 11) is 0. The third kappa shape index (κ3) is 47.8. The van der Waals surface area contributed by atoms with Gasteiger partial charge in [0, 0.05) is 6.42 Å². The number of esters is 1. The third-order valence-corrected chi connectivity index (χ3v) is 12.5. The van der Waals surface area contributed by atoms with Crippen molar-refractivity contribution < 1.29 is 24.5 Å². The molecule has 6 heteroatoms. The second-order valence-corrected chi connectivity index (χ2v) is 19.0. The Hall–Kier alpha value is -2.70. The standard InChI is InChI=1S/C60H107NO5/c1-4-7-10-13-16-19-22-25-28-30-31-33-36-39-42-45-48-51-56(66-60(65)53-50-47-44-41-38-35-32-29-26-23-20-17-14-11-8-5-2)54-59(64)61-57(55-62)58(63)52-49-46-43-40-37-34-27-24-21-18-15-12-9-6-3/h7,10,16,19,25,28-29,31-33,39,42,56-58,62-63H,4-6,8-9,11-15,17-18,20-24,26-27,30,34-38,40-41,43-55H2,1-3H3,(H,61,64)/b10-7-,19-16-,28-25-,32-29+,33-31-,42-39-. The SMILES string of the molecule is CC/C=C\C/C=C\C/C=C\C/C=C\C/C=C\CCCC(CC(=O)NC(CO)C(O)CCCCCCCCCCCCCCCC)OC(=O)CCCCCCC/C=C/CCCCCCCCC. The fourth-order valence-electron chi connectivity index (χ4n) is 8.28. The van der Waals surface area contributed by atoms with Crippen molar-refractivity contribution in [1.29, 1.82) is 0 Å². The minimum atomic E-state index is -0.807. The first-order chi connectivity index (χ1) is 32.5. The molecule has 0 aliphatic heterocycles. The van der Waals surface area contributed by atoms with Crippen LogP contribution in [0.4, 0.5) is 0 Å². The van der Waals surface area contributed by atoms with Gasteiger partial charge in [0.25, 0.3) is 0 Å². The third-order valence-electron chi connectivity index (χ3n) is 12.5. The van der Waals surface area contributed by atoms with E-state index >= 15 is 0 Å². The van der Waals surface area contributed by atoms with Gasteiger partial charge < -0.3 is 20.3 Å². The maximum Gasteiger partial charge on any atom is 0.306 e. The molecule has 66 heavy (non-hydrogen) atoms. The van der Waals surface area contributed by atoms with Crippen molar-refractivity contribution >= 4 is 11.9 Å². The van der Waals surface area contributed by atoms with Crippen LogP contribution in [-0.2, 0) is 14.3 Å². The number of allylic oxidation sites excluding steroid dienone is 12. The van der Waals surface area contributed by atoms with Crippen molar-refractivity contribution in [3.05, 3.63) is 72.9 Å². The van der Waals surface area contributed by atoms with Gasteiger partial charge in [0.15, 0.2) is 0 Å². The molecule has 0 aromatic rings. The number of aliphatic hydroxyl groups excluding tert-OH is 2. The van der Waals surface area contributed by atoms with Crippen LogP contribution in [0.1, 0.15) is 271 Å². The van der Waals surface area contributed by atoms with Crippen LogP contribution < -0.4 is 5.32 Å². The van der Waals surface area contributed by atoms with Gasteiger partial charge in [-0.3, -0.25) is 9.59 Å². The van der Waals surface area contributed by atoms with Gasteiger partial charge in [-0.25, -0.2) is 0 Å². The van der Waals surface area contributed by atoms with E-state index in [1.54, 1.807) is 0 Å². The molecule has 3 N–H and O–H groups in total. The van der Waals surface area contributed by atoms with Crippen molar-refractivity contribution in [2.24, 2.45) is 0 Å². The highest BCUT2D eigenvalue weighted by molar-refractivity contribution is 5.77. The number of carbonyl (C=O) groups is 2. The van der Waals surface area contributed by atoms with Crippen LogP contribution in [0.25, 0.3) is 0 Å². The molecule has 0 aromatic carbocycles. The minimum Gasteiger partial charge on any atom is -0.462 e. The van der Waals surface area contributed by atoms with Crippen LogP contribution in [-0.4, -0.2) is 46.9 Å². The summed E-state index contributed by atoms with van der Waals surface area (Å²) in [4.78, 5) is 26.2. The molecule has 6 nitrogen and oxygen atoms in total. The van der Waals surface area contributed by atoms with Crippen LogP contribution in [0.5, 0.6) is 0 Å². The highest BCUT2D eigenvalue weighted by Gasteiger charge is 2.24. The minimum absolute atomic E-state index is 0.0337. The zero-order valence-electron chi connectivity index (χ0n) is 43.6. The quantitative estimate of drug-likeness (QED) is 0.0321. The molecule has 0 saturated heterocycles. The van der Waals surface area contributed by atoms with E-state index in [4.69, 9.17) is 4.74 Å². The Morgan fingerprint density at radius 1 is 0.455 bits per heavy atom. The van der Waals surface area contributed by atoms with Gasteiger partial charge in [-0.05, 0) is 89.9 Å². The van der Waals surface area contributed by atoms with Crippen molar-refractivity contribution in [2.45, 2.75) is 289 Å². The molecule has 0 bridgehead atoms. The van der Waals surface area contributed by atoms with Crippen molar-refractivity contribution in [3.8, 4) is 0 Å². The summed E-state index contributed by atoms with van der Waals surface area (Å²) in [5.74, 6) is -0.536. The van der Waals surface area contributed by atoms with Crippen LogP contribution in [0, 0.1) is 0 Å². The number of ether oxygens (including phenoxy) is 1. The van der Waals surface area contributed by atoms with E-state index in [-0.39, 0.29) is 24.9 Å². The summed E-state index contributed by atoms with van der Waals surface area (Å²) in [6, 6.07) is -0.724. The molecule has 0 heterocycles. The second-order valence-electron chi connectivity index (χ2n) is 19.0. The molecule has 382 valence electrons. The zero-order valence-corrected chi connectivity index (χ0v) is 43.6. The van der Waals surface area contributed by atoms with E-state index in [9.17, 15) is 19.8 Å². The number of amides is 1. The molecule has 0 aromatic heterocycles. The van der Waals surface area contributed by atoms with Crippen LogP contribution in [0.2, 0.25) is 0 Å². The fourth-order valence-corrected chi connectivity index (χ4v) is 8.28. The van der Waals surface area contributed by atoms with Gasteiger partial charge in [-0.1, -0.05) is 241 Å². The Morgan fingerprint density at radius 2 is 0.833 bits per heavy atom. The summed E-state index contributed by atoms with van der Waals surface area (Å²) in [5.41, 5.74) is 0. The van der Waals surface area contributed by atoms with Crippen molar-refractivity contribution in [2.75, 3.05) is 6.61 Å². The normalized spacial score (nSPS) is 13.7. The molecule has 0 rings (SSSR count). The summed E-state index contributed by atoms with van der Waals surface area (Å²) in [6.07, 6.45) is 68.2. The maximum atomic E-state index is 13.2. The predicted octanol–water partition coefficient (Wildman–Crippen LogP) is 17.3. The molecule has 3 unspecified atom stereocenters. The number of rotatable bonds is 50. The Kier molecular flexibility index (Phi) is 51.1. The molecule has 0 spiro atoms. The van der Waals surface area contributed by atoms with Gasteiger partial charge in [0.2, 0.25) is 5.91 Å². The van der Waals surface area contributed by atoms with Gasteiger partial charge in [0.1, 0.15) is 6.10 Å². The zero-order chi connectivity index (χ0) is 48.1. The van der Waals surface area contributed by atoms with Gasteiger partial charge in [0.05, 0.1) is 25.2 Å². The second kappa shape index (κ2) is 53.3. The van der Waals surface area contributed by atoms with Crippen LogP contribution >= 0.6 is 0 Å². The lowest BCUT2D eigenvalue weighted by atomic mass is 10.0. The van der Waals surface area contributed by atoms with E-state index in [1.165, 1.54) is 135 Å². The number of unbranched alkanes of at least 4 members (excludes halogenated alkanes) is 26. The summed E-state index contributed by atoms with van der Waals surface area (Å²) in [6.45, 7) is 6.36. The molecule has 3 atom stereocenters. The number of hydrogen-bond acceptors (Lipinski definition) is 5. The summed E-state index contributed by atoms with van der Waals surface area (Å²) >= 11 is 0. The molecule has 1 amide bonds. The Bertz CT molecular complexity index is 1220. The lowest BCUT2D eigenvalue weighted by Gasteiger charge is -2.24. The maximum absolute atomic E-state index is 13.2. The smallest absolute Gasteiger partial charge is 0.306 e. The molecule has 0 aliphatic carbocycles. The Balaban J connectivity index is 4.69. The average molecular weight is 923 g/mol. The first kappa shape index (κ1) is 63.3. The van der Waals surface area contributed by atoms with E-state index < -0.39 is 18.2 Å². The fraction of sp³-hybridized carbons (Fsp3) is 0.767. The average Bonchev–Trinajstić information content (AvgIpc) is 3.31. The number of aliphatic hydroxyl groups is 2. The number of hydrogen-bond donors (Lipinski definition) is 3. The highest BCUT2D eigenvalue weighted by atomic mass is 16.5. The number of carbonyl (C=O) groups excluding carboxylic acids is 2. The summed E-state index contributed by atoms with van der Waals surface area (Å²) in [5, 5.41) is 23.8. The van der Waals surface area contributed by atoms with E-state index in [0.717, 1.165) is 89.9 Å². The van der Waals surface area contributed by atoms with Crippen molar-refractivity contribution in [3.63, 3.8) is 0 Å². The Morgan fingerprint density at radius 3 is 1.29 bits per heavy atom. The molecule has 0 saturated carbocycles. The topological polar surface area (TPSA) is 95.9 Å². The van der Waals surface area contributed by atoms with Gasteiger partial charge in [-0.15, -0.1) is 0 Å². The first-order valence-electron chi connectivity index (χ1n) is 28.2. The van der Waals surface area contributed by atoms with Gasteiger partial charge >= 0.3 is 5.97 Å².